The molecule has 0 saturated heterocycles. The van der Waals surface area contributed by atoms with Crippen molar-refractivity contribution in [2.45, 2.75) is 6.92 Å². The van der Waals surface area contributed by atoms with Gasteiger partial charge < -0.3 is 10.1 Å². The number of aromatic nitrogens is 4. The molecule has 3 rings (SSSR count). The second-order valence-electron chi connectivity index (χ2n) is 4.86. The average Bonchev–Trinajstić information content (AvgIpc) is 3.02. The molecular formula is C16H15N5O2. The molecular weight excluding hydrogens is 294 g/mol. The van der Waals surface area contributed by atoms with Crippen molar-refractivity contribution in [1.82, 2.24) is 20.2 Å². The molecule has 1 aromatic carbocycles. The van der Waals surface area contributed by atoms with Crippen molar-refractivity contribution >= 4 is 11.6 Å². The fourth-order valence-corrected chi connectivity index (χ4v) is 2.04. The van der Waals surface area contributed by atoms with Gasteiger partial charge >= 0.3 is 0 Å². The molecule has 0 bridgehead atoms. The van der Waals surface area contributed by atoms with Crippen molar-refractivity contribution < 1.29 is 9.53 Å². The standard InChI is InChI=1S/C16H15N5O2/c1-10-18-15(21-20-10)11-3-5-13(6-4-11)19-16(22)12-7-8-17-14(9-12)23-2/h3-9H,1-2H3,(H,19,22)(H,18,20,21). The molecule has 0 fully saturated rings. The maximum absolute atomic E-state index is 12.2. The van der Waals surface area contributed by atoms with Crippen molar-refractivity contribution in [3.8, 4) is 17.3 Å². The number of hydrogen-bond acceptors (Lipinski definition) is 5. The molecule has 0 unspecified atom stereocenters. The fraction of sp³-hybridized carbons (Fsp3) is 0.125. The van der Waals surface area contributed by atoms with E-state index in [0.29, 0.717) is 23.0 Å². The fourth-order valence-electron chi connectivity index (χ4n) is 2.04. The molecule has 0 spiro atoms. The summed E-state index contributed by atoms with van der Waals surface area (Å²) in [4.78, 5) is 20.5. The third-order valence-electron chi connectivity index (χ3n) is 3.20. The zero-order valence-electron chi connectivity index (χ0n) is 12.7. The molecule has 1 amide bonds. The second kappa shape index (κ2) is 6.27. The van der Waals surface area contributed by atoms with Crippen LogP contribution in [0.3, 0.4) is 0 Å². The summed E-state index contributed by atoms with van der Waals surface area (Å²) in [7, 11) is 1.51. The van der Waals surface area contributed by atoms with Crippen LogP contribution in [0.1, 0.15) is 16.2 Å². The Labute approximate surface area is 132 Å². The van der Waals surface area contributed by atoms with Crippen molar-refractivity contribution in [3.05, 3.63) is 54.0 Å². The quantitative estimate of drug-likeness (QED) is 0.772. The summed E-state index contributed by atoms with van der Waals surface area (Å²) in [5.41, 5.74) is 2.03. The Hall–Kier alpha value is -3.22. The molecule has 0 saturated carbocycles. The zero-order chi connectivity index (χ0) is 16.2. The van der Waals surface area contributed by atoms with E-state index in [1.807, 2.05) is 19.1 Å². The van der Waals surface area contributed by atoms with Crippen molar-refractivity contribution in [2.75, 3.05) is 12.4 Å². The van der Waals surface area contributed by atoms with Crippen LogP contribution in [0.5, 0.6) is 5.88 Å². The number of rotatable bonds is 4. The molecule has 0 aliphatic carbocycles. The first-order valence-electron chi connectivity index (χ1n) is 6.96. The second-order valence-corrected chi connectivity index (χ2v) is 4.86. The maximum atomic E-state index is 12.2. The predicted octanol–water partition coefficient (Wildman–Crippen LogP) is 2.44. The largest absolute Gasteiger partial charge is 0.481 e. The van der Waals surface area contributed by atoms with Crippen molar-refractivity contribution in [3.63, 3.8) is 0 Å². The number of benzene rings is 1. The van der Waals surface area contributed by atoms with Crippen LogP contribution in [0.2, 0.25) is 0 Å². The highest BCUT2D eigenvalue weighted by molar-refractivity contribution is 6.04. The lowest BCUT2D eigenvalue weighted by Crippen LogP contribution is -2.12. The van der Waals surface area contributed by atoms with E-state index in [0.717, 1.165) is 11.4 Å². The molecule has 0 aliphatic rings. The lowest BCUT2D eigenvalue weighted by Gasteiger charge is -2.06. The minimum absolute atomic E-state index is 0.229. The first kappa shape index (κ1) is 14.7. The van der Waals surface area contributed by atoms with Gasteiger partial charge in [-0.05, 0) is 37.3 Å². The molecule has 2 heterocycles. The summed E-state index contributed by atoms with van der Waals surface area (Å²) in [6.45, 7) is 1.84. The number of aryl methyl sites for hydroxylation is 1. The van der Waals surface area contributed by atoms with Gasteiger partial charge in [-0.2, -0.15) is 5.10 Å². The Morgan fingerprint density at radius 3 is 2.65 bits per heavy atom. The molecule has 116 valence electrons. The number of carbonyl (C=O) groups is 1. The highest BCUT2D eigenvalue weighted by Crippen LogP contribution is 2.18. The Bertz CT molecular complexity index is 826. The number of nitrogens with zero attached hydrogens (tertiary/aromatic N) is 3. The van der Waals surface area contributed by atoms with Gasteiger partial charge in [-0.3, -0.25) is 9.89 Å². The molecule has 7 nitrogen and oxygen atoms in total. The minimum atomic E-state index is -0.229. The van der Waals surface area contributed by atoms with Crippen molar-refractivity contribution in [1.29, 1.82) is 0 Å². The highest BCUT2D eigenvalue weighted by Gasteiger charge is 2.09. The van der Waals surface area contributed by atoms with Crippen LogP contribution in [0.25, 0.3) is 11.4 Å². The van der Waals surface area contributed by atoms with E-state index in [1.165, 1.54) is 13.3 Å². The Morgan fingerprint density at radius 1 is 1.22 bits per heavy atom. The Balaban J connectivity index is 1.73. The molecule has 3 aromatic rings. The molecule has 7 heteroatoms. The average molecular weight is 309 g/mol. The number of ether oxygens (including phenoxy) is 1. The molecule has 0 aliphatic heterocycles. The van der Waals surface area contributed by atoms with E-state index in [-0.39, 0.29) is 5.91 Å². The van der Waals surface area contributed by atoms with E-state index in [4.69, 9.17) is 4.74 Å². The van der Waals surface area contributed by atoms with Gasteiger partial charge in [0.1, 0.15) is 5.82 Å². The number of amides is 1. The van der Waals surface area contributed by atoms with Crippen LogP contribution in [-0.2, 0) is 0 Å². The van der Waals surface area contributed by atoms with Gasteiger partial charge in [0.15, 0.2) is 5.82 Å². The molecule has 23 heavy (non-hydrogen) atoms. The van der Waals surface area contributed by atoms with Crippen molar-refractivity contribution in [2.24, 2.45) is 0 Å². The SMILES string of the molecule is COc1cc(C(=O)Nc2ccc(-c3n[nH]c(C)n3)cc2)ccn1. The van der Waals surface area contributed by atoms with Crippen LogP contribution >= 0.6 is 0 Å². The molecule has 2 N–H and O–H groups in total. The number of H-pyrrole nitrogens is 1. The summed E-state index contributed by atoms with van der Waals surface area (Å²) in [5.74, 6) is 1.54. The van der Waals surface area contributed by atoms with Gasteiger partial charge in [-0.15, -0.1) is 0 Å². The van der Waals surface area contributed by atoms with Gasteiger partial charge in [0, 0.05) is 29.1 Å². The van der Waals surface area contributed by atoms with E-state index in [9.17, 15) is 4.79 Å². The maximum Gasteiger partial charge on any atom is 0.255 e. The number of methoxy groups -OCH3 is 1. The van der Waals surface area contributed by atoms with E-state index in [1.54, 1.807) is 24.3 Å². The summed E-state index contributed by atoms with van der Waals surface area (Å²) in [6, 6.07) is 10.5. The highest BCUT2D eigenvalue weighted by atomic mass is 16.5. The molecule has 2 aromatic heterocycles. The number of aromatic amines is 1. The minimum Gasteiger partial charge on any atom is -0.481 e. The van der Waals surface area contributed by atoms with E-state index >= 15 is 0 Å². The zero-order valence-corrected chi connectivity index (χ0v) is 12.7. The number of hydrogen-bond donors (Lipinski definition) is 2. The summed E-state index contributed by atoms with van der Waals surface area (Å²) >= 11 is 0. The van der Waals surface area contributed by atoms with Gasteiger partial charge in [0.2, 0.25) is 5.88 Å². The topological polar surface area (TPSA) is 92.8 Å². The van der Waals surface area contributed by atoms with Gasteiger partial charge in [0.05, 0.1) is 7.11 Å². The van der Waals surface area contributed by atoms with Crippen LogP contribution < -0.4 is 10.1 Å². The smallest absolute Gasteiger partial charge is 0.255 e. The summed E-state index contributed by atoms with van der Waals surface area (Å²) in [5, 5.41) is 9.72. The van der Waals surface area contributed by atoms with Crippen LogP contribution in [0.4, 0.5) is 5.69 Å². The van der Waals surface area contributed by atoms with Gasteiger partial charge in [-0.1, -0.05) is 0 Å². The van der Waals surface area contributed by atoms with Crippen LogP contribution in [0, 0.1) is 6.92 Å². The van der Waals surface area contributed by atoms with Gasteiger partial charge in [-0.25, -0.2) is 9.97 Å². The first-order valence-corrected chi connectivity index (χ1v) is 6.96. The summed E-state index contributed by atoms with van der Waals surface area (Å²) < 4.78 is 5.01. The van der Waals surface area contributed by atoms with Crippen LogP contribution in [-0.4, -0.2) is 33.2 Å². The predicted molar refractivity (Wildman–Crippen MR) is 85.3 cm³/mol. The number of nitrogens with one attached hydrogen (secondary N) is 2. The number of carbonyl (C=O) groups excluding carboxylic acids is 1. The number of pyridine rings is 1. The van der Waals surface area contributed by atoms with E-state index in [2.05, 4.69) is 25.5 Å². The summed E-state index contributed by atoms with van der Waals surface area (Å²) in [6.07, 6.45) is 1.53. The lowest BCUT2D eigenvalue weighted by molar-refractivity contribution is 0.102. The van der Waals surface area contributed by atoms with E-state index < -0.39 is 0 Å². The third-order valence-corrected chi connectivity index (χ3v) is 3.20. The Kier molecular flexibility index (Phi) is 4.01. The lowest BCUT2D eigenvalue weighted by atomic mass is 10.2. The Morgan fingerprint density at radius 2 is 2.00 bits per heavy atom. The monoisotopic (exact) mass is 309 g/mol. The third kappa shape index (κ3) is 3.34. The molecule has 0 radical (unpaired) electrons. The number of anilines is 1. The first-order chi connectivity index (χ1) is 11.2. The van der Waals surface area contributed by atoms with Crippen LogP contribution in [0.15, 0.2) is 42.6 Å². The molecule has 0 atom stereocenters. The van der Waals surface area contributed by atoms with Gasteiger partial charge in [0.25, 0.3) is 5.91 Å². The normalized spacial score (nSPS) is 10.3.